The van der Waals surface area contributed by atoms with Gasteiger partial charge in [-0.1, -0.05) is 13.8 Å². The molecule has 0 bridgehead atoms. The van der Waals surface area contributed by atoms with Gasteiger partial charge in [0.05, 0.1) is 23.6 Å². The summed E-state index contributed by atoms with van der Waals surface area (Å²) in [5, 5.41) is 41.0. The van der Waals surface area contributed by atoms with Crippen LogP contribution in [-0.4, -0.2) is 86.3 Å². The number of fused-ring (bicyclic) bond motifs is 1. The first kappa shape index (κ1) is 24.5. The third-order valence-electron chi connectivity index (χ3n) is 6.41. The summed E-state index contributed by atoms with van der Waals surface area (Å²) in [7, 11) is 0. The van der Waals surface area contributed by atoms with Crippen LogP contribution in [-0.2, 0) is 9.59 Å². The van der Waals surface area contributed by atoms with E-state index >= 15 is 0 Å². The monoisotopic (exact) mass is 465 g/mol. The highest BCUT2D eigenvalue weighted by Crippen LogP contribution is 2.47. The first-order valence-electron chi connectivity index (χ1n) is 10.7. The quantitative estimate of drug-likeness (QED) is 0.261. The number of aliphatic carboxylic acids is 1. The van der Waals surface area contributed by atoms with Crippen molar-refractivity contribution in [2.75, 3.05) is 26.2 Å². The molecule has 11 heteroatoms. The molecule has 2 heterocycles. The molecular weight excluding hydrogens is 437 g/mol. The van der Waals surface area contributed by atoms with E-state index in [4.69, 9.17) is 0 Å². The fourth-order valence-corrected chi connectivity index (χ4v) is 4.60. The van der Waals surface area contributed by atoms with Crippen LogP contribution in [0.3, 0.4) is 0 Å². The number of aliphatic hydroxyl groups excluding tert-OH is 1. The second kappa shape index (κ2) is 9.36. The van der Waals surface area contributed by atoms with Gasteiger partial charge in [-0.05, 0) is 31.2 Å². The third-order valence-corrected chi connectivity index (χ3v) is 6.41. The van der Waals surface area contributed by atoms with Crippen molar-refractivity contribution in [3.05, 3.63) is 34.8 Å². The number of rotatable bonds is 9. The first-order chi connectivity index (χ1) is 15.5. The normalized spacial score (nSPS) is 22.9. The van der Waals surface area contributed by atoms with E-state index in [1.807, 2.05) is 18.7 Å². The number of aromatic hydroxyl groups is 2. The molecule has 3 rings (SSSR count). The van der Waals surface area contributed by atoms with Crippen LogP contribution in [0.25, 0.3) is 0 Å². The third kappa shape index (κ3) is 4.25. The Hall–Kier alpha value is -3.18. The fraction of sp³-hybridized carbons (Fsp3) is 0.500. The van der Waals surface area contributed by atoms with Gasteiger partial charge in [0.25, 0.3) is 5.91 Å². The van der Waals surface area contributed by atoms with E-state index in [0.717, 1.165) is 12.1 Å². The lowest BCUT2D eigenvalue weighted by Gasteiger charge is -2.46. The number of β-lactam (4-membered cyclic amide) rings is 1. The molecule has 0 aliphatic carbocycles. The molecule has 2 amide bonds. The largest absolute Gasteiger partial charge is 0.504 e. The zero-order valence-corrected chi connectivity index (χ0v) is 18.6. The van der Waals surface area contributed by atoms with Crippen molar-refractivity contribution in [3.63, 3.8) is 0 Å². The lowest BCUT2D eigenvalue weighted by atomic mass is 9.77. The number of phenolic OH excluding ortho intramolecular Hbond substituents is 2. The molecule has 2 aliphatic rings. The molecule has 10 nitrogen and oxygen atoms in total. The average Bonchev–Trinajstić information content (AvgIpc) is 2.99. The maximum absolute atomic E-state index is 14.0. The van der Waals surface area contributed by atoms with Crippen molar-refractivity contribution in [2.45, 2.75) is 32.9 Å². The van der Waals surface area contributed by atoms with Crippen LogP contribution in [0.4, 0.5) is 4.39 Å². The lowest BCUT2D eigenvalue weighted by Crippen LogP contribution is -2.63. The molecule has 5 N–H and O–H groups in total. The summed E-state index contributed by atoms with van der Waals surface area (Å²) in [6.07, 6.45) is -0.882. The van der Waals surface area contributed by atoms with Crippen molar-refractivity contribution >= 4 is 17.8 Å². The Morgan fingerprint density at radius 2 is 1.97 bits per heavy atom. The second-order valence-electron chi connectivity index (χ2n) is 8.35. The van der Waals surface area contributed by atoms with Crippen molar-refractivity contribution in [2.24, 2.45) is 11.8 Å². The molecule has 0 aromatic heterocycles. The number of aliphatic hydroxyl groups is 1. The zero-order chi connectivity index (χ0) is 24.6. The van der Waals surface area contributed by atoms with Crippen LogP contribution in [0.15, 0.2) is 23.4 Å². The molecule has 180 valence electrons. The Morgan fingerprint density at radius 3 is 2.55 bits per heavy atom. The van der Waals surface area contributed by atoms with Crippen molar-refractivity contribution < 1.29 is 39.2 Å². The Labute approximate surface area is 189 Å². The fourth-order valence-electron chi connectivity index (χ4n) is 4.60. The van der Waals surface area contributed by atoms with Gasteiger partial charge in [-0.2, -0.15) is 0 Å². The highest BCUT2D eigenvalue weighted by Gasteiger charge is 2.59. The summed E-state index contributed by atoms with van der Waals surface area (Å²) >= 11 is 0. The summed E-state index contributed by atoms with van der Waals surface area (Å²) in [5.74, 6) is -6.17. The molecule has 1 aromatic rings. The number of likely N-dealkylation sites (N-methyl/N-ethyl adjacent to an activating group) is 1. The van der Waals surface area contributed by atoms with Crippen molar-refractivity contribution in [3.8, 4) is 11.5 Å². The number of carbonyl (C=O) groups is 3. The topological polar surface area (TPSA) is 151 Å². The summed E-state index contributed by atoms with van der Waals surface area (Å²) in [4.78, 5) is 39.8. The van der Waals surface area contributed by atoms with Gasteiger partial charge >= 0.3 is 5.97 Å². The zero-order valence-electron chi connectivity index (χ0n) is 18.6. The summed E-state index contributed by atoms with van der Waals surface area (Å²) in [6.45, 7) is 6.40. The van der Waals surface area contributed by atoms with E-state index in [2.05, 4.69) is 5.32 Å². The highest BCUT2D eigenvalue weighted by atomic mass is 19.1. The Morgan fingerprint density at radius 1 is 1.30 bits per heavy atom. The maximum atomic E-state index is 14.0. The van der Waals surface area contributed by atoms with E-state index in [1.165, 1.54) is 11.8 Å². The number of carbonyl (C=O) groups excluding carboxylic acids is 2. The number of amides is 2. The van der Waals surface area contributed by atoms with Crippen molar-refractivity contribution in [1.29, 1.82) is 0 Å². The lowest BCUT2D eigenvalue weighted by molar-refractivity contribution is -0.163. The highest BCUT2D eigenvalue weighted by molar-refractivity contribution is 6.00. The molecule has 33 heavy (non-hydrogen) atoms. The minimum absolute atomic E-state index is 0.0569. The summed E-state index contributed by atoms with van der Waals surface area (Å²) in [6, 6.07) is 1.67. The second-order valence-corrected chi connectivity index (χ2v) is 8.35. The van der Waals surface area contributed by atoms with Crippen LogP contribution in [0.5, 0.6) is 11.5 Å². The van der Waals surface area contributed by atoms with Crippen LogP contribution in [0, 0.1) is 17.7 Å². The Bertz CT molecular complexity index is 1010. The van der Waals surface area contributed by atoms with E-state index in [9.17, 15) is 39.2 Å². The number of phenols is 2. The number of carboxylic acid groups (broad SMARTS) is 1. The first-order valence-corrected chi connectivity index (χ1v) is 10.7. The summed E-state index contributed by atoms with van der Waals surface area (Å²) < 4.78 is 14.0. The van der Waals surface area contributed by atoms with Gasteiger partial charge in [0.15, 0.2) is 17.3 Å². The van der Waals surface area contributed by atoms with Gasteiger partial charge in [-0.15, -0.1) is 0 Å². The number of halogens is 1. The Kier molecular flexibility index (Phi) is 6.94. The number of nitrogens with one attached hydrogen (secondary N) is 1. The molecule has 4 atom stereocenters. The van der Waals surface area contributed by atoms with E-state index < -0.39 is 58.7 Å². The number of nitrogens with zero attached hydrogens (tertiary/aromatic N) is 2. The number of hydrogen-bond donors (Lipinski definition) is 5. The minimum atomic E-state index is -1.22. The van der Waals surface area contributed by atoms with E-state index in [0.29, 0.717) is 18.7 Å². The van der Waals surface area contributed by atoms with Crippen LogP contribution >= 0.6 is 0 Å². The van der Waals surface area contributed by atoms with E-state index in [-0.39, 0.29) is 24.7 Å². The molecule has 2 aliphatic heterocycles. The molecule has 1 fully saturated rings. The van der Waals surface area contributed by atoms with Gasteiger partial charge in [-0.25, -0.2) is 9.18 Å². The number of benzene rings is 1. The van der Waals surface area contributed by atoms with Gasteiger partial charge in [-0.3, -0.25) is 14.5 Å². The van der Waals surface area contributed by atoms with Gasteiger partial charge in [0.1, 0.15) is 5.70 Å². The Balaban J connectivity index is 1.67. The molecule has 3 unspecified atom stereocenters. The smallest absolute Gasteiger partial charge is 0.352 e. The summed E-state index contributed by atoms with van der Waals surface area (Å²) in [5.41, 5.74) is 0.103. The molecule has 0 radical (unpaired) electrons. The van der Waals surface area contributed by atoms with Crippen LogP contribution < -0.4 is 5.32 Å². The standard InChI is InChI=1S/C22H28FN3O7/c1-4-25(8-7-24-20(30)12-5-6-14(28)19(29)16(12)23)9-13-10(2)17-15(11(3)27)21(31)26(17)18(13)22(32)33/h5-6,10-11,15,17,27-29H,4,7-9H2,1-3H3,(H,24,30)(H,32,33)/t10?,11?,15?,17-/m1/s1. The van der Waals surface area contributed by atoms with E-state index in [1.54, 1.807) is 0 Å². The minimum Gasteiger partial charge on any atom is -0.504 e. The van der Waals surface area contributed by atoms with Gasteiger partial charge in [0, 0.05) is 25.6 Å². The number of carboxylic acids is 1. The number of hydrogen-bond acceptors (Lipinski definition) is 7. The molecule has 0 saturated carbocycles. The van der Waals surface area contributed by atoms with Crippen molar-refractivity contribution in [1.82, 2.24) is 15.1 Å². The predicted octanol–water partition coefficient (Wildman–Crippen LogP) is 0.485. The van der Waals surface area contributed by atoms with Crippen LogP contribution in [0.2, 0.25) is 0 Å². The molecule has 0 spiro atoms. The maximum Gasteiger partial charge on any atom is 0.352 e. The molecule has 1 aromatic carbocycles. The predicted molar refractivity (Wildman–Crippen MR) is 114 cm³/mol. The molecular formula is C22H28FN3O7. The van der Waals surface area contributed by atoms with Gasteiger partial charge in [0.2, 0.25) is 5.91 Å². The average molecular weight is 465 g/mol. The van der Waals surface area contributed by atoms with Crippen LogP contribution in [0.1, 0.15) is 31.1 Å². The SMILES string of the molecule is CCN(CCNC(=O)c1ccc(O)c(O)c1F)CC1=C(C(=O)O)N2C(=O)C(C(C)O)[C@H]2C1C. The molecule has 1 saturated heterocycles. The van der Waals surface area contributed by atoms with Gasteiger partial charge < -0.3 is 30.6 Å².